The van der Waals surface area contributed by atoms with Crippen LogP contribution in [0, 0.1) is 13.8 Å². The van der Waals surface area contributed by atoms with Crippen molar-refractivity contribution >= 4 is 17.2 Å². The highest BCUT2D eigenvalue weighted by atomic mass is 28.4. The van der Waals surface area contributed by atoms with E-state index in [1.807, 2.05) is 0 Å². The Hall–Kier alpha value is -0.386. The molecule has 0 spiro atoms. The molecule has 0 heterocycles. The van der Waals surface area contributed by atoms with Crippen molar-refractivity contribution in [2.45, 2.75) is 46.6 Å². The summed E-state index contributed by atoms with van der Waals surface area (Å²) in [5.41, 5.74) is 2.74. The van der Waals surface area contributed by atoms with Crippen LogP contribution in [-0.2, 0) is 0 Å². The van der Waals surface area contributed by atoms with Crippen LogP contribution < -0.4 is 0 Å². The number of hydrogen-bond donors (Lipinski definition) is 0. The van der Waals surface area contributed by atoms with E-state index in [1.165, 1.54) is 11.1 Å². The van der Waals surface area contributed by atoms with Gasteiger partial charge in [0.1, 0.15) is 17.2 Å². The molecule has 0 aliphatic rings. The second-order valence-electron chi connectivity index (χ2n) is 5.76. The molecule has 17 heavy (non-hydrogen) atoms. The molecule has 0 atom stereocenters. The van der Waals surface area contributed by atoms with Crippen molar-refractivity contribution in [3.63, 3.8) is 0 Å². The molecular weight excluding hydrogens is 238 g/mol. The third-order valence-corrected chi connectivity index (χ3v) is 9.81. The number of hydrogen-bond acceptors (Lipinski definition) is 1. The van der Waals surface area contributed by atoms with Gasteiger partial charge in [0.05, 0.1) is 0 Å². The highest BCUT2D eigenvalue weighted by Gasteiger charge is 2.22. The molecule has 0 amide bonds. The zero-order valence-electron chi connectivity index (χ0n) is 12.8. The highest BCUT2D eigenvalue weighted by Crippen LogP contribution is 2.07. The molecule has 0 saturated heterocycles. The largest absolute Gasteiger partial charge is 0.349 e. The van der Waals surface area contributed by atoms with E-state index < -0.39 is 8.24 Å². The van der Waals surface area contributed by atoms with Gasteiger partial charge in [-0.1, -0.05) is 57.0 Å². The third kappa shape index (κ3) is 6.81. The minimum absolute atomic E-state index is 0.175. The molecule has 97 valence electrons. The van der Waals surface area contributed by atoms with Gasteiger partial charge in [0.2, 0.25) is 0 Å². The summed E-state index contributed by atoms with van der Waals surface area (Å²) < 4.78 is 2.59. The Labute approximate surface area is 111 Å². The van der Waals surface area contributed by atoms with Crippen molar-refractivity contribution < 1.29 is 0 Å². The lowest BCUT2D eigenvalue weighted by Gasteiger charge is -2.32. The first-order chi connectivity index (χ1) is 7.66. The Balaban J connectivity index is 0.000000302. The average molecular weight is 267 g/mol. The van der Waals surface area contributed by atoms with Gasteiger partial charge in [-0.3, -0.25) is 0 Å². The summed E-state index contributed by atoms with van der Waals surface area (Å²) in [7, 11) is 1.14. The van der Waals surface area contributed by atoms with Gasteiger partial charge in [-0.05, 0) is 32.0 Å². The minimum Gasteiger partial charge on any atom is -0.349 e. The van der Waals surface area contributed by atoms with E-state index in [1.54, 1.807) is 0 Å². The second-order valence-corrected chi connectivity index (χ2v) is 13.8. The van der Waals surface area contributed by atoms with Crippen molar-refractivity contribution in [1.82, 2.24) is 4.23 Å². The van der Waals surface area contributed by atoms with E-state index in [9.17, 15) is 0 Å². The van der Waals surface area contributed by atoms with Crippen LogP contribution in [0.15, 0.2) is 24.3 Å². The van der Waals surface area contributed by atoms with Gasteiger partial charge in [0, 0.05) is 0 Å². The van der Waals surface area contributed by atoms with E-state index in [0.717, 1.165) is 0 Å². The zero-order valence-corrected chi connectivity index (χ0v) is 14.8. The SMILES string of the molecule is CN([Si](C)C)[Si](C)(C)C.Cc1ccccc1C. The lowest BCUT2D eigenvalue weighted by Crippen LogP contribution is -2.49. The molecule has 0 fully saturated rings. The van der Waals surface area contributed by atoms with Crippen LogP contribution in [0.4, 0.5) is 0 Å². The molecule has 1 rings (SSSR count). The van der Waals surface area contributed by atoms with Crippen LogP contribution in [0.5, 0.6) is 0 Å². The summed E-state index contributed by atoms with van der Waals surface area (Å²) in [6.07, 6.45) is 0. The van der Waals surface area contributed by atoms with Crippen molar-refractivity contribution in [2.75, 3.05) is 7.05 Å². The van der Waals surface area contributed by atoms with Crippen LogP contribution in [0.3, 0.4) is 0 Å². The monoisotopic (exact) mass is 266 g/mol. The molecule has 0 saturated carbocycles. The molecule has 0 aromatic heterocycles. The topological polar surface area (TPSA) is 3.24 Å². The molecular formula is C14H28NSi2. The van der Waals surface area contributed by atoms with E-state index >= 15 is 0 Å². The van der Waals surface area contributed by atoms with Crippen molar-refractivity contribution in [1.29, 1.82) is 0 Å². The fraction of sp³-hybridized carbons (Fsp3) is 0.571. The number of rotatable bonds is 2. The maximum atomic E-state index is 2.59. The van der Waals surface area contributed by atoms with E-state index in [0.29, 0.717) is 0 Å². The zero-order chi connectivity index (χ0) is 13.6. The molecule has 1 radical (unpaired) electrons. The van der Waals surface area contributed by atoms with Gasteiger partial charge in [0.25, 0.3) is 0 Å². The molecule has 1 nitrogen and oxygen atoms in total. The third-order valence-electron chi connectivity index (χ3n) is 3.10. The van der Waals surface area contributed by atoms with E-state index in [-0.39, 0.29) is 8.96 Å². The summed E-state index contributed by atoms with van der Waals surface area (Å²) >= 11 is 0. The molecule has 0 unspecified atom stereocenters. The van der Waals surface area contributed by atoms with Crippen LogP contribution in [-0.4, -0.2) is 28.5 Å². The van der Waals surface area contributed by atoms with Gasteiger partial charge in [-0.15, -0.1) is 0 Å². The predicted octanol–water partition coefficient (Wildman–Crippen LogP) is 4.31. The Morgan fingerprint density at radius 1 is 0.941 bits per heavy atom. The van der Waals surface area contributed by atoms with Gasteiger partial charge in [0.15, 0.2) is 0 Å². The van der Waals surface area contributed by atoms with Gasteiger partial charge in [-0.25, -0.2) is 0 Å². The summed E-state index contributed by atoms with van der Waals surface area (Å²) in [6.45, 7) is 16.1. The van der Waals surface area contributed by atoms with Crippen LogP contribution in [0.2, 0.25) is 32.7 Å². The second kappa shape index (κ2) is 7.14. The first kappa shape index (κ1) is 16.6. The Kier molecular flexibility index (Phi) is 6.98. The molecule has 3 heteroatoms. The Bertz CT molecular complexity index is 308. The fourth-order valence-corrected chi connectivity index (χ4v) is 6.70. The summed E-state index contributed by atoms with van der Waals surface area (Å²) in [6, 6.07) is 8.36. The summed E-state index contributed by atoms with van der Waals surface area (Å²) in [5, 5.41) is 0. The minimum atomic E-state index is -0.945. The predicted molar refractivity (Wildman–Crippen MR) is 84.5 cm³/mol. The van der Waals surface area contributed by atoms with Crippen molar-refractivity contribution in [3.05, 3.63) is 35.4 Å². The van der Waals surface area contributed by atoms with E-state index in [4.69, 9.17) is 0 Å². The quantitative estimate of drug-likeness (QED) is 0.721. The van der Waals surface area contributed by atoms with Crippen LogP contribution in [0.1, 0.15) is 11.1 Å². The normalized spacial score (nSPS) is 11.4. The van der Waals surface area contributed by atoms with Gasteiger partial charge in [-0.2, -0.15) is 0 Å². The first-order valence-electron chi connectivity index (χ1n) is 6.22. The van der Waals surface area contributed by atoms with Crippen LogP contribution >= 0.6 is 0 Å². The Morgan fingerprint density at radius 2 is 1.29 bits per heavy atom. The summed E-state index contributed by atoms with van der Waals surface area (Å²) in [4.78, 5) is 0. The lowest BCUT2D eigenvalue weighted by atomic mass is 10.1. The van der Waals surface area contributed by atoms with Crippen molar-refractivity contribution in [2.24, 2.45) is 0 Å². The number of nitrogens with zero attached hydrogens (tertiary/aromatic N) is 1. The fourth-order valence-electron chi connectivity index (χ4n) is 1.33. The molecule has 1 aromatic carbocycles. The standard InChI is InChI=1S/C8H10.C6H18NSi2/c1-7-5-3-4-6-8(7)2;1-7(8(2)3)9(4,5)6/h3-6H,1-2H3;1-6H3. The number of aryl methyl sites for hydroxylation is 2. The first-order valence-corrected chi connectivity index (χ1v) is 12.1. The molecule has 0 N–H and O–H groups in total. The maximum absolute atomic E-state index is 2.59. The smallest absolute Gasteiger partial charge is 0.122 e. The Morgan fingerprint density at radius 3 is 1.41 bits per heavy atom. The number of benzene rings is 1. The molecule has 0 aliphatic heterocycles. The van der Waals surface area contributed by atoms with E-state index in [2.05, 4.69) is 82.1 Å². The van der Waals surface area contributed by atoms with Gasteiger partial charge >= 0.3 is 0 Å². The maximum Gasteiger partial charge on any atom is 0.122 e. The highest BCUT2D eigenvalue weighted by molar-refractivity contribution is 6.82. The molecule has 0 aliphatic carbocycles. The lowest BCUT2D eigenvalue weighted by molar-refractivity contribution is 0.784. The van der Waals surface area contributed by atoms with Crippen LogP contribution in [0.25, 0.3) is 0 Å². The molecule has 1 aromatic rings. The van der Waals surface area contributed by atoms with Crippen molar-refractivity contribution in [3.8, 4) is 0 Å². The molecule has 0 bridgehead atoms. The summed E-state index contributed by atoms with van der Waals surface area (Å²) in [5.74, 6) is 0. The van der Waals surface area contributed by atoms with Gasteiger partial charge < -0.3 is 4.23 Å². The average Bonchev–Trinajstić information content (AvgIpc) is 2.21.